The fourth-order valence-electron chi connectivity index (χ4n) is 4.17. The van der Waals surface area contributed by atoms with E-state index >= 15 is 0 Å². The molecule has 32 heavy (non-hydrogen) atoms. The monoisotopic (exact) mass is 448 g/mol. The van der Waals surface area contributed by atoms with Gasteiger partial charge in [-0.2, -0.15) is 13.2 Å². The van der Waals surface area contributed by atoms with Crippen LogP contribution in [0.25, 0.3) is 10.9 Å². The highest BCUT2D eigenvalue weighted by Gasteiger charge is 2.33. The summed E-state index contributed by atoms with van der Waals surface area (Å²) in [5.41, 5.74) is 1.29. The van der Waals surface area contributed by atoms with Crippen LogP contribution in [0.15, 0.2) is 42.7 Å². The van der Waals surface area contributed by atoms with Gasteiger partial charge < -0.3 is 20.1 Å². The highest BCUT2D eigenvalue weighted by atomic mass is 19.4. The maximum atomic E-state index is 12.8. The number of alkyl halides is 3. The van der Waals surface area contributed by atoms with Gasteiger partial charge in [-0.15, -0.1) is 0 Å². The van der Waals surface area contributed by atoms with Crippen molar-refractivity contribution in [3.05, 3.63) is 59.4 Å². The Hall–Kier alpha value is -3.11. The van der Waals surface area contributed by atoms with Gasteiger partial charge >= 0.3 is 12.1 Å². The molecule has 0 bridgehead atoms. The van der Waals surface area contributed by atoms with E-state index in [1.165, 1.54) is 6.07 Å². The Balaban J connectivity index is 1.55. The van der Waals surface area contributed by atoms with Gasteiger partial charge in [0.15, 0.2) is 0 Å². The molecular formula is C22H23F3N4O3. The number of carboxylic acid groups (broad SMARTS) is 1. The highest BCUT2D eigenvalue weighted by molar-refractivity contribution is 5.89. The molecule has 0 unspecified atom stereocenters. The third kappa shape index (κ3) is 4.42. The summed E-state index contributed by atoms with van der Waals surface area (Å²) in [7, 11) is 0. The molecular weight excluding hydrogens is 425 g/mol. The summed E-state index contributed by atoms with van der Waals surface area (Å²) < 4.78 is 38.4. The number of H-pyrrole nitrogens is 1. The molecule has 0 radical (unpaired) electrons. The number of aliphatic hydroxyl groups excluding tert-OH is 1. The summed E-state index contributed by atoms with van der Waals surface area (Å²) in [5.74, 6) is -0.548. The molecule has 1 atom stereocenters. The van der Waals surface area contributed by atoms with Gasteiger partial charge in [-0.3, -0.25) is 9.69 Å². The van der Waals surface area contributed by atoms with Crippen molar-refractivity contribution < 1.29 is 28.2 Å². The molecule has 170 valence electrons. The number of aromatic amines is 1. The number of hydrogen-bond donors (Lipinski definition) is 3. The van der Waals surface area contributed by atoms with Crippen LogP contribution in [0.4, 0.5) is 19.0 Å². The van der Waals surface area contributed by atoms with Crippen LogP contribution in [0.1, 0.15) is 29.2 Å². The van der Waals surface area contributed by atoms with Gasteiger partial charge in [0.1, 0.15) is 11.9 Å². The topological polar surface area (TPSA) is 92.7 Å². The number of rotatable bonds is 5. The standard InChI is InChI=1S/C22H23F3N4O3/c23-22(24,25)15-3-5-19(27-11-15)28-6-1-7-29(9-8-28)20(21(31)32)17-12-26-18-4-2-14(13-30)10-16(17)18/h2-5,10-12,20,26,30H,1,6-9,13H2,(H,31,32)/t20-/m1/s1. The molecule has 2 aromatic heterocycles. The second-order valence-corrected chi connectivity index (χ2v) is 7.80. The number of hydrogen-bond acceptors (Lipinski definition) is 5. The van der Waals surface area contributed by atoms with Gasteiger partial charge in [-0.05, 0) is 36.2 Å². The molecule has 0 amide bonds. The van der Waals surface area contributed by atoms with Crippen LogP contribution in [0.2, 0.25) is 0 Å². The van der Waals surface area contributed by atoms with Gasteiger partial charge in [-0.25, -0.2) is 4.98 Å². The molecule has 1 saturated heterocycles. The number of halogens is 3. The van der Waals surface area contributed by atoms with Gasteiger partial charge in [0.05, 0.1) is 12.2 Å². The van der Waals surface area contributed by atoms with Crippen molar-refractivity contribution in [2.24, 2.45) is 0 Å². The first-order valence-corrected chi connectivity index (χ1v) is 10.2. The van der Waals surface area contributed by atoms with E-state index in [0.717, 1.165) is 23.2 Å². The van der Waals surface area contributed by atoms with Crippen LogP contribution < -0.4 is 4.90 Å². The van der Waals surface area contributed by atoms with Crippen LogP contribution in [-0.2, 0) is 17.6 Å². The number of fused-ring (bicyclic) bond motifs is 1. The fraction of sp³-hybridized carbons (Fsp3) is 0.364. The van der Waals surface area contributed by atoms with Gasteiger partial charge in [-0.1, -0.05) is 6.07 Å². The third-order valence-electron chi connectivity index (χ3n) is 5.78. The number of aromatic nitrogens is 2. The van der Waals surface area contributed by atoms with E-state index < -0.39 is 23.8 Å². The summed E-state index contributed by atoms with van der Waals surface area (Å²) in [4.78, 5) is 23.1. The lowest BCUT2D eigenvalue weighted by molar-refractivity contribution is -0.143. The minimum atomic E-state index is -4.44. The SMILES string of the molecule is O=C(O)[C@@H](c1c[nH]c2ccc(CO)cc12)N1CCCN(c2ccc(C(F)(F)F)cn2)CC1. The summed E-state index contributed by atoms with van der Waals surface area (Å²) >= 11 is 0. The number of anilines is 1. The zero-order valence-corrected chi connectivity index (χ0v) is 17.1. The number of benzene rings is 1. The predicted octanol–water partition coefficient (Wildman–Crippen LogP) is 3.41. The summed E-state index contributed by atoms with van der Waals surface area (Å²) in [5, 5.41) is 20.2. The molecule has 7 nitrogen and oxygen atoms in total. The number of nitrogens with zero attached hydrogens (tertiary/aromatic N) is 3. The van der Waals surface area contributed by atoms with Crippen molar-refractivity contribution in [2.75, 3.05) is 31.1 Å². The largest absolute Gasteiger partial charge is 0.480 e. The van der Waals surface area contributed by atoms with E-state index in [4.69, 9.17) is 0 Å². The van der Waals surface area contributed by atoms with Gasteiger partial charge in [0, 0.05) is 55.0 Å². The molecule has 0 spiro atoms. The summed E-state index contributed by atoms with van der Waals surface area (Å²) in [6.07, 6.45) is -1.30. The van der Waals surface area contributed by atoms with Crippen molar-refractivity contribution in [1.29, 1.82) is 0 Å². The van der Waals surface area contributed by atoms with Crippen LogP contribution in [-0.4, -0.2) is 57.2 Å². The van der Waals surface area contributed by atoms with Crippen molar-refractivity contribution >= 4 is 22.7 Å². The predicted molar refractivity (Wildman–Crippen MR) is 112 cm³/mol. The van der Waals surface area contributed by atoms with Crippen molar-refractivity contribution in [3.8, 4) is 0 Å². The lowest BCUT2D eigenvalue weighted by Gasteiger charge is -2.27. The second kappa shape index (κ2) is 8.79. The smallest absolute Gasteiger partial charge is 0.417 e. The van der Waals surface area contributed by atoms with Crippen LogP contribution in [0.3, 0.4) is 0 Å². The normalized spacial score (nSPS) is 16.8. The molecule has 10 heteroatoms. The van der Waals surface area contributed by atoms with Crippen LogP contribution >= 0.6 is 0 Å². The first-order chi connectivity index (χ1) is 15.3. The lowest BCUT2D eigenvalue weighted by atomic mass is 10.0. The molecule has 3 aromatic rings. The van der Waals surface area contributed by atoms with E-state index in [0.29, 0.717) is 49.5 Å². The van der Waals surface area contributed by atoms with E-state index in [1.54, 1.807) is 18.3 Å². The van der Waals surface area contributed by atoms with Gasteiger partial charge in [0.2, 0.25) is 0 Å². The van der Waals surface area contributed by atoms with Crippen molar-refractivity contribution in [2.45, 2.75) is 25.2 Å². The molecule has 1 fully saturated rings. The average molecular weight is 448 g/mol. The Morgan fingerprint density at radius 2 is 1.97 bits per heavy atom. The van der Waals surface area contributed by atoms with Crippen molar-refractivity contribution in [3.63, 3.8) is 0 Å². The fourth-order valence-corrected chi connectivity index (χ4v) is 4.17. The molecule has 1 aliphatic rings. The Morgan fingerprint density at radius 1 is 1.16 bits per heavy atom. The number of nitrogens with one attached hydrogen (secondary N) is 1. The number of aliphatic hydroxyl groups is 1. The lowest BCUT2D eigenvalue weighted by Crippen LogP contribution is -2.37. The maximum absolute atomic E-state index is 12.8. The van der Waals surface area contributed by atoms with Gasteiger partial charge in [0.25, 0.3) is 0 Å². The maximum Gasteiger partial charge on any atom is 0.417 e. The molecule has 1 aliphatic heterocycles. The zero-order chi connectivity index (χ0) is 22.9. The quantitative estimate of drug-likeness (QED) is 0.554. The van der Waals surface area contributed by atoms with E-state index in [2.05, 4.69) is 9.97 Å². The number of pyridine rings is 1. The molecule has 3 N–H and O–H groups in total. The molecule has 0 aliphatic carbocycles. The van der Waals surface area contributed by atoms with Crippen LogP contribution in [0.5, 0.6) is 0 Å². The summed E-state index contributed by atoms with van der Waals surface area (Å²) in [6, 6.07) is 6.84. The highest BCUT2D eigenvalue weighted by Crippen LogP contribution is 2.32. The second-order valence-electron chi connectivity index (χ2n) is 7.80. The Kier molecular flexibility index (Phi) is 6.07. The molecule has 1 aromatic carbocycles. The first-order valence-electron chi connectivity index (χ1n) is 10.2. The molecule has 4 rings (SSSR count). The number of carbonyl (C=O) groups is 1. The van der Waals surface area contributed by atoms with E-state index in [9.17, 15) is 28.2 Å². The van der Waals surface area contributed by atoms with Crippen molar-refractivity contribution in [1.82, 2.24) is 14.9 Å². The number of aliphatic carboxylic acids is 1. The average Bonchev–Trinajstić information content (AvgIpc) is 3.01. The zero-order valence-electron chi connectivity index (χ0n) is 17.1. The minimum absolute atomic E-state index is 0.142. The summed E-state index contributed by atoms with van der Waals surface area (Å²) in [6.45, 7) is 1.78. The number of carboxylic acids is 1. The first kappa shape index (κ1) is 22.1. The Labute approximate surface area is 182 Å². The molecule has 3 heterocycles. The Bertz CT molecular complexity index is 1100. The third-order valence-corrected chi connectivity index (χ3v) is 5.78. The minimum Gasteiger partial charge on any atom is -0.480 e. The van der Waals surface area contributed by atoms with Crippen LogP contribution in [0, 0.1) is 0 Å². The molecule has 0 saturated carbocycles. The Morgan fingerprint density at radius 3 is 2.62 bits per heavy atom. The van der Waals surface area contributed by atoms with E-state index in [-0.39, 0.29) is 6.61 Å². The van der Waals surface area contributed by atoms with E-state index in [1.807, 2.05) is 15.9 Å².